The topological polar surface area (TPSA) is 56.1 Å². The Kier molecular flexibility index (Phi) is 4.44. The quantitative estimate of drug-likeness (QED) is 0.928. The number of benzene rings is 1. The number of anilines is 1. The van der Waals surface area contributed by atoms with Crippen LogP contribution < -0.4 is 10.1 Å². The molecule has 2 aromatic rings. The molecule has 0 saturated heterocycles. The number of rotatable bonds is 4. The Balaban J connectivity index is 2.26. The van der Waals surface area contributed by atoms with Gasteiger partial charge in [0.1, 0.15) is 11.6 Å². The lowest BCUT2D eigenvalue weighted by atomic mass is 10.2. The minimum atomic E-state index is -0.225. The maximum atomic E-state index is 12.3. The molecule has 6 heteroatoms. The van der Waals surface area contributed by atoms with Crippen LogP contribution in [0.3, 0.4) is 0 Å². The molecule has 1 aromatic carbocycles. The molecule has 0 fully saturated rings. The number of ether oxygens (including phenoxy) is 1. The average Bonchev–Trinajstić information content (AvgIpc) is 2.86. The number of hydrogen-bond donors (Lipinski definition) is 1. The van der Waals surface area contributed by atoms with E-state index in [4.69, 9.17) is 4.74 Å². The smallest absolute Gasteiger partial charge is 0.260 e. The van der Waals surface area contributed by atoms with Crippen LogP contribution in [0.1, 0.15) is 30.2 Å². The summed E-state index contributed by atoms with van der Waals surface area (Å²) in [5, 5.41) is 7.03. The van der Waals surface area contributed by atoms with E-state index >= 15 is 0 Å². The zero-order valence-corrected chi connectivity index (χ0v) is 13.1. The molecule has 0 atom stereocenters. The third-order valence-electron chi connectivity index (χ3n) is 2.81. The van der Waals surface area contributed by atoms with E-state index in [1.54, 1.807) is 35.1 Å². The van der Waals surface area contributed by atoms with Crippen molar-refractivity contribution in [3.8, 4) is 5.75 Å². The number of nitrogens with zero attached hydrogens (tertiary/aromatic N) is 2. The van der Waals surface area contributed by atoms with Gasteiger partial charge in [-0.15, -0.1) is 0 Å². The number of aromatic nitrogens is 2. The molecular formula is C14H16BrN3O2. The van der Waals surface area contributed by atoms with Gasteiger partial charge in [-0.2, -0.15) is 5.10 Å². The summed E-state index contributed by atoms with van der Waals surface area (Å²) < 4.78 is 7.84. The van der Waals surface area contributed by atoms with E-state index in [0.29, 0.717) is 17.1 Å². The van der Waals surface area contributed by atoms with Crippen molar-refractivity contribution < 1.29 is 9.53 Å². The molecule has 0 saturated carbocycles. The zero-order chi connectivity index (χ0) is 14.7. The van der Waals surface area contributed by atoms with E-state index in [0.717, 1.165) is 4.47 Å². The van der Waals surface area contributed by atoms with Gasteiger partial charge in [0.2, 0.25) is 0 Å². The van der Waals surface area contributed by atoms with Gasteiger partial charge in [0.25, 0.3) is 5.91 Å². The molecule has 0 radical (unpaired) electrons. The summed E-state index contributed by atoms with van der Waals surface area (Å²) in [4.78, 5) is 12.3. The van der Waals surface area contributed by atoms with Crippen LogP contribution in [0.5, 0.6) is 5.75 Å². The highest BCUT2D eigenvalue weighted by Crippen LogP contribution is 2.24. The fraction of sp³-hybridized carbons (Fsp3) is 0.286. The van der Waals surface area contributed by atoms with Crippen molar-refractivity contribution in [2.24, 2.45) is 0 Å². The molecule has 0 spiro atoms. The monoisotopic (exact) mass is 337 g/mol. The van der Waals surface area contributed by atoms with Gasteiger partial charge in [0.05, 0.1) is 18.9 Å². The second kappa shape index (κ2) is 6.09. The molecule has 5 nitrogen and oxygen atoms in total. The predicted octanol–water partition coefficient (Wildman–Crippen LogP) is 3.49. The molecule has 1 heterocycles. The zero-order valence-electron chi connectivity index (χ0n) is 11.6. The van der Waals surface area contributed by atoms with E-state index < -0.39 is 0 Å². The van der Waals surface area contributed by atoms with Crippen LogP contribution in [-0.4, -0.2) is 22.8 Å². The van der Waals surface area contributed by atoms with Gasteiger partial charge in [-0.25, -0.2) is 4.68 Å². The Morgan fingerprint density at radius 1 is 1.40 bits per heavy atom. The minimum absolute atomic E-state index is 0.173. The highest BCUT2D eigenvalue weighted by atomic mass is 79.9. The highest BCUT2D eigenvalue weighted by Gasteiger charge is 2.15. The first-order valence-electron chi connectivity index (χ1n) is 6.21. The van der Waals surface area contributed by atoms with Crippen LogP contribution in [0.15, 0.2) is 34.9 Å². The molecule has 20 heavy (non-hydrogen) atoms. The first-order valence-corrected chi connectivity index (χ1v) is 7.00. The van der Waals surface area contributed by atoms with Crippen molar-refractivity contribution in [1.82, 2.24) is 9.78 Å². The van der Waals surface area contributed by atoms with E-state index in [-0.39, 0.29) is 11.9 Å². The van der Waals surface area contributed by atoms with Crippen molar-refractivity contribution in [3.05, 3.63) is 40.5 Å². The first kappa shape index (κ1) is 14.6. The largest absolute Gasteiger partial charge is 0.496 e. The Bertz CT molecular complexity index is 623. The summed E-state index contributed by atoms with van der Waals surface area (Å²) in [6.45, 7) is 4.01. The van der Waals surface area contributed by atoms with Gasteiger partial charge in [-0.1, -0.05) is 15.9 Å². The van der Waals surface area contributed by atoms with Gasteiger partial charge < -0.3 is 10.1 Å². The van der Waals surface area contributed by atoms with Crippen LogP contribution in [0.4, 0.5) is 5.82 Å². The lowest BCUT2D eigenvalue weighted by Gasteiger charge is -2.13. The van der Waals surface area contributed by atoms with E-state index in [9.17, 15) is 4.79 Å². The standard InChI is InChI=1S/C14H16BrN3O2/c1-9(2)18-13(6-7-16-18)17-14(19)11-5-4-10(15)8-12(11)20-3/h4-9H,1-3H3,(H,17,19). The summed E-state index contributed by atoms with van der Waals surface area (Å²) in [6, 6.07) is 7.22. The fourth-order valence-corrected chi connectivity index (χ4v) is 2.20. The van der Waals surface area contributed by atoms with Crippen molar-refractivity contribution in [1.29, 1.82) is 0 Å². The maximum absolute atomic E-state index is 12.3. The highest BCUT2D eigenvalue weighted by molar-refractivity contribution is 9.10. The number of amides is 1. The van der Waals surface area contributed by atoms with Gasteiger partial charge in [-0.3, -0.25) is 4.79 Å². The maximum Gasteiger partial charge on any atom is 0.260 e. The normalized spacial score (nSPS) is 10.7. The summed E-state index contributed by atoms with van der Waals surface area (Å²) in [6.07, 6.45) is 1.66. The molecule has 0 aliphatic heterocycles. The Morgan fingerprint density at radius 2 is 2.15 bits per heavy atom. The molecular weight excluding hydrogens is 322 g/mol. The van der Waals surface area contributed by atoms with E-state index in [2.05, 4.69) is 26.3 Å². The lowest BCUT2D eigenvalue weighted by molar-refractivity contribution is 0.102. The van der Waals surface area contributed by atoms with Gasteiger partial charge in [-0.05, 0) is 32.0 Å². The summed E-state index contributed by atoms with van der Waals surface area (Å²) in [5.74, 6) is 0.958. The van der Waals surface area contributed by atoms with Crippen LogP contribution in [0.2, 0.25) is 0 Å². The van der Waals surface area contributed by atoms with Crippen molar-refractivity contribution in [2.45, 2.75) is 19.9 Å². The van der Waals surface area contributed by atoms with Gasteiger partial charge in [0.15, 0.2) is 0 Å². The molecule has 1 N–H and O–H groups in total. The molecule has 1 amide bonds. The van der Waals surface area contributed by atoms with Gasteiger partial charge >= 0.3 is 0 Å². The second-order valence-electron chi connectivity index (χ2n) is 4.55. The van der Waals surface area contributed by atoms with Crippen LogP contribution in [-0.2, 0) is 0 Å². The minimum Gasteiger partial charge on any atom is -0.496 e. The molecule has 0 unspecified atom stereocenters. The second-order valence-corrected chi connectivity index (χ2v) is 5.47. The van der Waals surface area contributed by atoms with Crippen LogP contribution >= 0.6 is 15.9 Å². The summed E-state index contributed by atoms with van der Waals surface area (Å²) >= 11 is 3.35. The molecule has 0 bridgehead atoms. The molecule has 1 aromatic heterocycles. The number of hydrogen-bond acceptors (Lipinski definition) is 3. The third-order valence-corrected chi connectivity index (χ3v) is 3.30. The number of nitrogens with one attached hydrogen (secondary N) is 1. The van der Waals surface area contributed by atoms with Crippen molar-refractivity contribution >= 4 is 27.7 Å². The van der Waals surface area contributed by atoms with Crippen molar-refractivity contribution in [2.75, 3.05) is 12.4 Å². The number of halogens is 1. The Labute approximate surface area is 126 Å². The van der Waals surface area contributed by atoms with Crippen molar-refractivity contribution in [3.63, 3.8) is 0 Å². The lowest BCUT2D eigenvalue weighted by Crippen LogP contribution is -2.17. The average molecular weight is 338 g/mol. The Morgan fingerprint density at radius 3 is 2.80 bits per heavy atom. The van der Waals surface area contributed by atoms with E-state index in [1.165, 1.54) is 7.11 Å². The molecule has 0 aliphatic rings. The SMILES string of the molecule is COc1cc(Br)ccc1C(=O)Nc1ccnn1C(C)C. The number of carbonyl (C=O) groups is 1. The predicted molar refractivity (Wildman–Crippen MR) is 81.3 cm³/mol. The van der Waals surface area contributed by atoms with E-state index in [1.807, 2.05) is 13.8 Å². The summed E-state index contributed by atoms with van der Waals surface area (Å²) in [5.41, 5.74) is 0.479. The number of methoxy groups -OCH3 is 1. The van der Waals surface area contributed by atoms with Gasteiger partial charge in [0, 0.05) is 16.6 Å². The van der Waals surface area contributed by atoms with Crippen LogP contribution in [0.25, 0.3) is 0 Å². The van der Waals surface area contributed by atoms with Crippen LogP contribution in [0, 0.1) is 0 Å². The molecule has 106 valence electrons. The summed E-state index contributed by atoms with van der Waals surface area (Å²) in [7, 11) is 1.54. The Hall–Kier alpha value is -1.82. The number of carbonyl (C=O) groups excluding carboxylic acids is 1. The third kappa shape index (κ3) is 3.01. The molecule has 0 aliphatic carbocycles. The fourth-order valence-electron chi connectivity index (χ4n) is 1.86. The first-order chi connectivity index (χ1) is 9.52. The molecule has 2 rings (SSSR count).